The molecule has 30 heavy (non-hydrogen) atoms. The van der Waals surface area contributed by atoms with E-state index in [0.29, 0.717) is 46.7 Å². The molecule has 3 aromatic rings. The highest BCUT2D eigenvalue weighted by atomic mass is 35.5. The number of carbonyl (C=O) groups is 1. The molecule has 1 amide bonds. The van der Waals surface area contributed by atoms with Crippen molar-refractivity contribution in [1.29, 1.82) is 0 Å². The molecule has 156 valence electrons. The zero-order valence-corrected chi connectivity index (χ0v) is 18.1. The van der Waals surface area contributed by atoms with Gasteiger partial charge in [-0.05, 0) is 54.4 Å². The number of thioether (sulfide) groups is 1. The number of nitrogens with one attached hydrogen (secondary N) is 2. The van der Waals surface area contributed by atoms with Crippen LogP contribution in [0, 0.1) is 0 Å². The number of fused-ring (bicyclic) bond motifs is 1. The summed E-state index contributed by atoms with van der Waals surface area (Å²) in [5.41, 5.74) is 1.93. The zero-order chi connectivity index (χ0) is 21.1. The minimum absolute atomic E-state index is 0.186. The molecule has 0 radical (unpaired) electrons. The molecule has 1 aliphatic heterocycles. The van der Waals surface area contributed by atoms with Gasteiger partial charge < -0.3 is 5.32 Å². The van der Waals surface area contributed by atoms with Crippen LogP contribution in [0.3, 0.4) is 0 Å². The minimum Gasteiger partial charge on any atom is -0.351 e. The Kier molecular flexibility index (Phi) is 5.98. The molecule has 2 aromatic carbocycles. The van der Waals surface area contributed by atoms with Crippen molar-refractivity contribution in [2.75, 3.05) is 23.1 Å². The standard InChI is InChI=1S/C19H18ClN5O3S2/c20-15-2-4-16(5-3-15)30(27,28)25-9-7-13-11-14(1-6-17(13)25)18(26)21-8-10-29-19-22-12-23-24-19/h1-6,11-12H,7-10H2,(H,21,26)(H,22,23,24). The number of amides is 1. The van der Waals surface area contributed by atoms with Gasteiger partial charge >= 0.3 is 0 Å². The van der Waals surface area contributed by atoms with E-state index in [-0.39, 0.29) is 10.8 Å². The Labute approximate surface area is 183 Å². The van der Waals surface area contributed by atoms with Crippen LogP contribution in [-0.4, -0.2) is 48.3 Å². The lowest BCUT2D eigenvalue weighted by Gasteiger charge is -2.19. The normalized spacial score (nSPS) is 13.3. The number of carbonyl (C=O) groups excluding carboxylic acids is 1. The van der Waals surface area contributed by atoms with Crippen LogP contribution in [0.4, 0.5) is 5.69 Å². The number of aromatic nitrogens is 3. The van der Waals surface area contributed by atoms with E-state index in [1.54, 1.807) is 30.3 Å². The van der Waals surface area contributed by atoms with Crippen LogP contribution >= 0.6 is 23.4 Å². The second-order valence-corrected chi connectivity index (χ2v) is 9.90. The number of sulfonamides is 1. The fourth-order valence-corrected chi connectivity index (χ4v) is 5.44. The van der Waals surface area contributed by atoms with Crippen molar-refractivity contribution < 1.29 is 13.2 Å². The Morgan fingerprint density at radius 1 is 1.23 bits per heavy atom. The van der Waals surface area contributed by atoms with E-state index >= 15 is 0 Å². The van der Waals surface area contributed by atoms with Gasteiger partial charge in [-0.25, -0.2) is 13.4 Å². The summed E-state index contributed by atoms with van der Waals surface area (Å²) in [4.78, 5) is 16.6. The molecule has 1 aromatic heterocycles. The van der Waals surface area contributed by atoms with Crippen LogP contribution in [-0.2, 0) is 16.4 Å². The maximum atomic E-state index is 13.0. The van der Waals surface area contributed by atoms with E-state index < -0.39 is 10.0 Å². The molecule has 8 nitrogen and oxygen atoms in total. The van der Waals surface area contributed by atoms with Crippen molar-refractivity contribution in [2.45, 2.75) is 16.5 Å². The molecule has 0 saturated heterocycles. The lowest BCUT2D eigenvalue weighted by atomic mass is 10.1. The summed E-state index contributed by atoms with van der Waals surface area (Å²) < 4.78 is 27.4. The van der Waals surface area contributed by atoms with Gasteiger partial charge in [0.2, 0.25) is 0 Å². The van der Waals surface area contributed by atoms with E-state index in [0.717, 1.165) is 5.56 Å². The summed E-state index contributed by atoms with van der Waals surface area (Å²) in [5.74, 6) is 0.453. The highest BCUT2D eigenvalue weighted by Gasteiger charge is 2.31. The molecule has 4 rings (SSSR count). The Balaban J connectivity index is 1.43. The largest absolute Gasteiger partial charge is 0.351 e. The number of benzene rings is 2. The lowest BCUT2D eigenvalue weighted by Crippen LogP contribution is -2.29. The molecule has 0 bridgehead atoms. The average Bonchev–Trinajstić information content (AvgIpc) is 3.40. The number of rotatable bonds is 7. The summed E-state index contributed by atoms with van der Waals surface area (Å²) >= 11 is 7.33. The maximum absolute atomic E-state index is 13.0. The first-order valence-corrected chi connectivity index (χ1v) is 11.9. The maximum Gasteiger partial charge on any atom is 0.264 e. The summed E-state index contributed by atoms with van der Waals surface area (Å²) in [6.45, 7) is 0.803. The third-order valence-electron chi connectivity index (χ3n) is 4.62. The van der Waals surface area contributed by atoms with Gasteiger partial charge in [-0.2, -0.15) is 5.10 Å². The van der Waals surface area contributed by atoms with Crippen molar-refractivity contribution >= 4 is 45.0 Å². The molecule has 11 heteroatoms. The SMILES string of the molecule is O=C(NCCSc1ncn[nH]1)c1ccc2c(c1)CCN2S(=O)(=O)c1ccc(Cl)cc1. The Bertz CT molecular complexity index is 1150. The first kappa shape index (κ1) is 20.7. The second-order valence-electron chi connectivity index (χ2n) is 6.52. The molecular weight excluding hydrogens is 446 g/mol. The zero-order valence-electron chi connectivity index (χ0n) is 15.7. The van der Waals surface area contributed by atoms with Crippen LogP contribution in [0.5, 0.6) is 0 Å². The third kappa shape index (κ3) is 4.30. The number of hydrogen-bond donors (Lipinski definition) is 2. The van der Waals surface area contributed by atoms with Crippen LogP contribution in [0.1, 0.15) is 15.9 Å². The van der Waals surface area contributed by atoms with Gasteiger partial charge in [0.15, 0.2) is 5.16 Å². The molecule has 0 atom stereocenters. The van der Waals surface area contributed by atoms with Crippen molar-refractivity contribution in [3.8, 4) is 0 Å². The number of aromatic amines is 1. The summed E-state index contributed by atoms with van der Waals surface area (Å²) in [5, 5.41) is 10.5. The summed E-state index contributed by atoms with van der Waals surface area (Å²) in [6.07, 6.45) is 1.98. The fraction of sp³-hybridized carbons (Fsp3) is 0.211. The molecule has 1 aliphatic rings. The van der Waals surface area contributed by atoms with Gasteiger partial charge in [-0.3, -0.25) is 14.2 Å². The molecule has 0 unspecified atom stereocenters. The summed E-state index contributed by atoms with van der Waals surface area (Å²) in [7, 11) is -3.68. The molecule has 2 heterocycles. The quantitative estimate of drug-likeness (QED) is 0.412. The van der Waals surface area contributed by atoms with Crippen molar-refractivity contribution in [2.24, 2.45) is 0 Å². The van der Waals surface area contributed by atoms with Gasteiger partial charge in [0.25, 0.3) is 15.9 Å². The monoisotopic (exact) mass is 463 g/mol. The highest BCUT2D eigenvalue weighted by molar-refractivity contribution is 7.99. The van der Waals surface area contributed by atoms with E-state index in [2.05, 4.69) is 20.5 Å². The Morgan fingerprint density at radius 2 is 2.03 bits per heavy atom. The van der Waals surface area contributed by atoms with E-state index in [1.165, 1.54) is 34.5 Å². The molecule has 0 saturated carbocycles. The first-order valence-electron chi connectivity index (χ1n) is 9.13. The summed E-state index contributed by atoms with van der Waals surface area (Å²) in [6, 6.07) is 11.2. The van der Waals surface area contributed by atoms with E-state index in [4.69, 9.17) is 11.6 Å². The van der Waals surface area contributed by atoms with Gasteiger partial charge in [-0.15, -0.1) is 0 Å². The third-order valence-corrected chi connectivity index (χ3v) is 7.57. The second kappa shape index (κ2) is 8.66. The van der Waals surface area contributed by atoms with Crippen LogP contribution in [0.15, 0.2) is 58.8 Å². The van der Waals surface area contributed by atoms with Crippen LogP contribution in [0.2, 0.25) is 5.02 Å². The number of halogens is 1. The van der Waals surface area contributed by atoms with Crippen molar-refractivity contribution in [1.82, 2.24) is 20.5 Å². The molecule has 0 fully saturated rings. The van der Waals surface area contributed by atoms with E-state index in [1.807, 2.05) is 0 Å². The average molecular weight is 464 g/mol. The molecule has 0 aliphatic carbocycles. The van der Waals surface area contributed by atoms with Gasteiger partial charge in [0.05, 0.1) is 10.6 Å². The van der Waals surface area contributed by atoms with Crippen LogP contribution in [0.25, 0.3) is 0 Å². The fourth-order valence-electron chi connectivity index (χ4n) is 3.17. The van der Waals surface area contributed by atoms with Gasteiger partial charge in [0.1, 0.15) is 6.33 Å². The smallest absolute Gasteiger partial charge is 0.264 e. The van der Waals surface area contributed by atoms with Gasteiger partial charge in [-0.1, -0.05) is 23.4 Å². The van der Waals surface area contributed by atoms with E-state index in [9.17, 15) is 13.2 Å². The molecule has 0 spiro atoms. The molecular formula is C19H18ClN5O3S2. The predicted octanol–water partition coefficient (Wildman–Crippen LogP) is 2.73. The first-order chi connectivity index (χ1) is 14.4. The number of H-pyrrole nitrogens is 1. The number of anilines is 1. The topological polar surface area (TPSA) is 108 Å². The van der Waals surface area contributed by atoms with Gasteiger partial charge in [0, 0.05) is 29.4 Å². The predicted molar refractivity (Wildman–Crippen MR) is 116 cm³/mol. The number of nitrogens with zero attached hydrogens (tertiary/aromatic N) is 3. The Morgan fingerprint density at radius 3 is 2.77 bits per heavy atom. The minimum atomic E-state index is -3.68. The van der Waals surface area contributed by atoms with Crippen molar-refractivity contribution in [3.05, 3.63) is 64.9 Å². The number of hydrogen-bond acceptors (Lipinski definition) is 6. The Hall–Kier alpha value is -2.56. The van der Waals surface area contributed by atoms with Crippen molar-refractivity contribution in [3.63, 3.8) is 0 Å². The molecule has 2 N–H and O–H groups in total. The van der Waals surface area contributed by atoms with Crippen LogP contribution < -0.4 is 9.62 Å². The lowest BCUT2D eigenvalue weighted by molar-refractivity contribution is 0.0956. The highest BCUT2D eigenvalue weighted by Crippen LogP contribution is 2.33.